The zero-order valence-electron chi connectivity index (χ0n) is 8.76. The van der Waals surface area contributed by atoms with Gasteiger partial charge in [0.2, 0.25) is 0 Å². The van der Waals surface area contributed by atoms with Crippen LogP contribution in [0.4, 0.5) is 17.6 Å². The molecule has 0 aromatic heterocycles. The fourth-order valence-corrected chi connectivity index (χ4v) is 1.38. The van der Waals surface area contributed by atoms with Crippen LogP contribution in [0.2, 0.25) is 0 Å². The molecule has 1 saturated heterocycles. The first-order chi connectivity index (χ1) is 7.97. The molecule has 0 saturated carbocycles. The lowest BCUT2D eigenvalue weighted by Gasteiger charge is -2.25. The summed E-state index contributed by atoms with van der Waals surface area (Å²) in [6, 6.07) is 2.24. The predicted molar refractivity (Wildman–Crippen MR) is 51.2 cm³/mol. The molecule has 2 nitrogen and oxygen atoms in total. The number of hydrogen-bond donors (Lipinski definition) is 0. The molecule has 0 bridgehead atoms. The topological polar surface area (TPSA) is 18.5 Å². The van der Waals surface area contributed by atoms with Crippen molar-refractivity contribution >= 4 is 0 Å². The number of hydrogen-bond acceptors (Lipinski definition) is 2. The minimum absolute atomic E-state index is 0.162. The summed E-state index contributed by atoms with van der Waals surface area (Å²) < 4.78 is 60.0. The van der Waals surface area contributed by atoms with Gasteiger partial charge in [-0.3, -0.25) is 0 Å². The first kappa shape index (κ1) is 12.2. The highest BCUT2D eigenvalue weighted by molar-refractivity contribution is 5.30. The first-order valence-electron chi connectivity index (χ1n) is 5.04. The Kier molecular flexibility index (Phi) is 3.24. The summed E-state index contributed by atoms with van der Waals surface area (Å²) in [5.41, 5.74) is -1.02. The molecule has 0 spiro atoms. The van der Waals surface area contributed by atoms with Crippen molar-refractivity contribution in [1.29, 1.82) is 0 Å². The monoisotopic (exact) mass is 250 g/mol. The minimum Gasteiger partial charge on any atom is -0.490 e. The van der Waals surface area contributed by atoms with Crippen LogP contribution >= 0.6 is 0 Å². The molecule has 0 aliphatic carbocycles. The van der Waals surface area contributed by atoms with Crippen LogP contribution in [0.1, 0.15) is 5.56 Å². The zero-order valence-corrected chi connectivity index (χ0v) is 8.76. The second kappa shape index (κ2) is 4.52. The standard InChI is InChI=1S/C11H10F4O2/c12-9-3-8(11(13,14)15)1-2-10(9)17-6-7-4-16-5-7/h1-3,7H,4-6H2. The molecular formula is C11H10F4O2. The van der Waals surface area contributed by atoms with Gasteiger partial charge in [-0.25, -0.2) is 4.39 Å². The first-order valence-corrected chi connectivity index (χ1v) is 5.04. The lowest BCUT2D eigenvalue weighted by atomic mass is 10.1. The molecule has 1 fully saturated rings. The Bertz CT molecular complexity index is 399. The highest BCUT2D eigenvalue weighted by Gasteiger charge is 2.31. The normalized spacial score (nSPS) is 16.7. The minimum atomic E-state index is -4.54. The Morgan fingerprint density at radius 2 is 2.00 bits per heavy atom. The molecule has 0 unspecified atom stereocenters. The van der Waals surface area contributed by atoms with Gasteiger partial charge in [0.05, 0.1) is 25.4 Å². The number of alkyl halides is 3. The largest absolute Gasteiger partial charge is 0.490 e. The van der Waals surface area contributed by atoms with Crippen LogP contribution in [-0.4, -0.2) is 19.8 Å². The molecule has 1 aliphatic heterocycles. The van der Waals surface area contributed by atoms with Crippen molar-refractivity contribution in [3.63, 3.8) is 0 Å². The lowest BCUT2D eigenvalue weighted by molar-refractivity contribution is -0.137. The summed E-state index contributed by atoms with van der Waals surface area (Å²) in [6.07, 6.45) is -4.54. The van der Waals surface area contributed by atoms with E-state index in [1.165, 1.54) is 0 Å². The molecule has 2 rings (SSSR count). The van der Waals surface area contributed by atoms with Crippen molar-refractivity contribution in [3.8, 4) is 5.75 Å². The Hall–Kier alpha value is -1.30. The maximum Gasteiger partial charge on any atom is 0.416 e. The second-order valence-electron chi connectivity index (χ2n) is 3.86. The van der Waals surface area contributed by atoms with Crippen LogP contribution in [0.5, 0.6) is 5.75 Å². The Morgan fingerprint density at radius 1 is 1.29 bits per heavy atom. The van der Waals surface area contributed by atoms with Gasteiger partial charge in [-0.1, -0.05) is 0 Å². The van der Waals surface area contributed by atoms with Crippen molar-refractivity contribution in [2.75, 3.05) is 19.8 Å². The second-order valence-corrected chi connectivity index (χ2v) is 3.86. The van der Waals surface area contributed by atoms with Crippen molar-refractivity contribution < 1.29 is 27.0 Å². The average molecular weight is 250 g/mol. The molecule has 0 N–H and O–H groups in total. The number of benzene rings is 1. The van der Waals surface area contributed by atoms with E-state index in [0.29, 0.717) is 19.3 Å². The molecule has 1 aromatic carbocycles. The third-order valence-corrected chi connectivity index (χ3v) is 2.44. The molecule has 94 valence electrons. The smallest absolute Gasteiger partial charge is 0.416 e. The van der Waals surface area contributed by atoms with E-state index in [1.807, 2.05) is 0 Å². The summed E-state index contributed by atoms with van der Waals surface area (Å²) in [5.74, 6) is -0.971. The lowest BCUT2D eigenvalue weighted by Crippen LogP contribution is -2.32. The molecule has 1 heterocycles. The number of ether oxygens (including phenoxy) is 2. The maximum absolute atomic E-state index is 13.3. The molecule has 0 radical (unpaired) electrons. The summed E-state index contributed by atoms with van der Waals surface area (Å²) in [6.45, 7) is 1.34. The highest BCUT2D eigenvalue weighted by atomic mass is 19.4. The number of halogens is 4. The van der Waals surface area contributed by atoms with E-state index < -0.39 is 17.6 Å². The van der Waals surface area contributed by atoms with E-state index in [0.717, 1.165) is 12.1 Å². The Morgan fingerprint density at radius 3 is 2.47 bits per heavy atom. The van der Waals surface area contributed by atoms with Crippen LogP contribution in [0, 0.1) is 11.7 Å². The third kappa shape index (κ3) is 2.88. The van der Waals surface area contributed by atoms with Gasteiger partial charge in [0.15, 0.2) is 11.6 Å². The van der Waals surface area contributed by atoms with E-state index in [1.54, 1.807) is 0 Å². The van der Waals surface area contributed by atoms with Gasteiger partial charge >= 0.3 is 6.18 Å². The molecule has 0 atom stereocenters. The van der Waals surface area contributed by atoms with Crippen LogP contribution in [0.15, 0.2) is 18.2 Å². The van der Waals surface area contributed by atoms with E-state index in [2.05, 4.69) is 0 Å². The van der Waals surface area contributed by atoms with Crippen LogP contribution in [0.3, 0.4) is 0 Å². The van der Waals surface area contributed by atoms with E-state index >= 15 is 0 Å². The predicted octanol–water partition coefficient (Wildman–Crippen LogP) is 2.87. The summed E-state index contributed by atoms with van der Waals surface area (Å²) in [7, 11) is 0. The van der Waals surface area contributed by atoms with Gasteiger partial charge in [-0.2, -0.15) is 13.2 Å². The van der Waals surface area contributed by atoms with Crippen molar-refractivity contribution in [2.45, 2.75) is 6.18 Å². The van der Waals surface area contributed by atoms with Crippen molar-refractivity contribution in [1.82, 2.24) is 0 Å². The Labute approximate surface area is 95.1 Å². The van der Waals surface area contributed by atoms with Crippen molar-refractivity contribution in [2.24, 2.45) is 5.92 Å². The maximum atomic E-state index is 13.3. The third-order valence-electron chi connectivity index (χ3n) is 2.44. The van der Waals surface area contributed by atoms with Gasteiger partial charge in [0.25, 0.3) is 0 Å². The van der Waals surface area contributed by atoms with Crippen molar-refractivity contribution in [3.05, 3.63) is 29.6 Å². The quantitative estimate of drug-likeness (QED) is 0.768. The summed E-state index contributed by atoms with van der Waals surface area (Å²) in [4.78, 5) is 0. The van der Waals surface area contributed by atoms with E-state index in [-0.39, 0.29) is 18.3 Å². The molecule has 6 heteroatoms. The number of rotatable bonds is 3. The van der Waals surface area contributed by atoms with Gasteiger partial charge < -0.3 is 9.47 Å². The fraction of sp³-hybridized carbons (Fsp3) is 0.455. The van der Waals surface area contributed by atoms with Gasteiger partial charge in [-0.05, 0) is 18.2 Å². The molecule has 0 amide bonds. The SMILES string of the molecule is Fc1cc(C(F)(F)F)ccc1OCC1COC1. The summed E-state index contributed by atoms with van der Waals surface area (Å²) >= 11 is 0. The van der Waals surface area contributed by atoms with Crippen LogP contribution in [-0.2, 0) is 10.9 Å². The van der Waals surface area contributed by atoms with Gasteiger partial charge in [0.1, 0.15) is 0 Å². The molecular weight excluding hydrogens is 240 g/mol. The van der Waals surface area contributed by atoms with Gasteiger partial charge in [0, 0.05) is 5.92 Å². The van der Waals surface area contributed by atoms with E-state index in [9.17, 15) is 17.6 Å². The highest BCUT2D eigenvalue weighted by Crippen LogP contribution is 2.32. The Balaban J connectivity index is 2.03. The van der Waals surface area contributed by atoms with Crippen LogP contribution < -0.4 is 4.74 Å². The average Bonchev–Trinajstić information content (AvgIpc) is 2.16. The molecule has 1 aromatic rings. The van der Waals surface area contributed by atoms with Crippen LogP contribution in [0.25, 0.3) is 0 Å². The summed E-state index contributed by atoms with van der Waals surface area (Å²) in [5, 5.41) is 0. The molecule has 17 heavy (non-hydrogen) atoms. The fourth-order valence-electron chi connectivity index (χ4n) is 1.38. The molecule has 1 aliphatic rings. The zero-order chi connectivity index (χ0) is 12.5. The van der Waals surface area contributed by atoms with Gasteiger partial charge in [-0.15, -0.1) is 0 Å². The van der Waals surface area contributed by atoms with E-state index in [4.69, 9.17) is 9.47 Å².